The first kappa shape index (κ1) is 13.1. The Balaban J connectivity index is 2.41. The number of rotatable bonds is 5. The molecule has 5 heteroatoms. The largest absolute Gasteiger partial charge is 0.394 e. The smallest absolute Gasteiger partial charge is 0.0895 e. The van der Waals surface area contributed by atoms with E-state index < -0.39 is 6.10 Å². The van der Waals surface area contributed by atoms with Crippen molar-refractivity contribution >= 4 is 31.9 Å². The lowest BCUT2D eigenvalue weighted by molar-refractivity contribution is 0.0942. The van der Waals surface area contributed by atoms with Crippen molar-refractivity contribution in [2.45, 2.75) is 12.6 Å². The lowest BCUT2D eigenvalue weighted by atomic mass is 10.2. The maximum Gasteiger partial charge on any atom is 0.0895 e. The topological polar surface area (TPSA) is 52.5 Å². The zero-order chi connectivity index (χ0) is 11.3. The highest BCUT2D eigenvalue weighted by molar-refractivity contribution is 9.13. The lowest BCUT2D eigenvalue weighted by Crippen LogP contribution is -2.28. The molecule has 0 amide bonds. The molecule has 0 unspecified atom stereocenters. The second kappa shape index (κ2) is 6.60. The Labute approximate surface area is 106 Å². The van der Waals surface area contributed by atoms with Crippen molar-refractivity contribution in [3.05, 3.63) is 32.7 Å². The maximum atomic E-state index is 9.11. The molecule has 0 spiro atoms. The first-order valence-electron chi connectivity index (χ1n) is 4.57. The Morgan fingerprint density at radius 2 is 2.00 bits per heavy atom. The lowest BCUT2D eigenvalue weighted by Gasteiger charge is -2.09. The van der Waals surface area contributed by atoms with Gasteiger partial charge in [-0.2, -0.15) is 0 Å². The van der Waals surface area contributed by atoms with E-state index in [1.165, 1.54) is 0 Å². The first-order chi connectivity index (χ1) is 7.13. The molecule has 3 nitrogen and oxygen atoms in total. The van der Waals surface area contributed by atoms with Crippen LogP contribution in [0.2, 0.25) is 0 Å². The maximum absolute atomic E-state index is 9.11. The third kappa shape index (κ3) is 4.61. The number of aliphatic hydroxyl groups is 2. The van der Waals surface area contributed by atoms with Gasteiger partial charge < -0.3 is 15.5 Å². The molecule has 0 heterocycles. The molecule has 0 fully saturated rings. The van der Waals surface area contributed by atoms with Crippen molar-refractivity contribution in [1.29, 1.82) is 0 Å². The zero-order valence-electron chi connectivity index (χ0n) is 8.08. The number of hydrogen-bond acceptors (Lipinski definition) is 3. The van der Waals surface area contributed by atoms with E-state index in [2.05, 4.69) is 37.2 Å². The summed E-state index contributed by atoms with van der Waals surface area (Å²) in [6, 6.07) is 5.96. The minimum absolute atomic E-state index is 0.211. The van der Waals surface area contributed by atoms with Crippen LogP contribution in [0.1, 0.15) is 5.56 Å². The molecule has 0 saturated heterocycles. The summed E-state index contributed by atoms with van der Waals surface area (Å²) in [7, 11) is 0. The minimum atomic E-state index is -0.691. The van der Waals surface area contributed by atoms with Gasteiger partial charge in [-0.1, -0.05) is 6.07 Å². The molecule has 0 bridgehead atoms. The van der Waals surface area contributed by atoms with Gasteiger partial charge in [-0.15, -0.1) is 0 Å². The molecule has 0 aliphatic heterocycles. The molecule has 0 saturated carbocycles. The predicted molar refractivity (Wildman–Crippen MR) is 66.6 cm³/mol. The van der Waals surface area contributed by atoms with Crippen LogP contribution >= 0.6 is 31.9 Å². The van der Waals surface area contributed by atoms with Crippen LogP contribution in [0.3, 0.4) is 0 Å². The molecule has 84 valence electrons. The summed E-state index contributed by atoms with van der Waals surface area (Å²) in [4.78, 5) is 0. The van der Waals surface area contributed by atoms with Gasteiger partial charge in [-0.05, 0) is 49.6 Å². The molecule has 3 N–H and O–H groups in total. The SMILES string of the molecule is OC[C@H](O)CNCc1ccc(Br)c(Br)c1. The van der Waals surface area contributed by atoms with E-state index in [0.29, 0.717) is 13.1 Å². The highest BCUT2D eigenvalue weighted by Gasteiger charge is 2.02. The predicted octanol–water partition coefficient (Wildman–Crippen LogP) is 1.65. The third-order valence-electron chi connectivity index (χ3n) is 1.90. The molecule has 1 aromatic carbocycles. The van der Waals surface area contributed by atoms with E-state index in [9.17, 15) is 0 Å². The Morgan fingerprint density at radius 3 is 2.60 bits per heavy atom. The van der Waals surface area contributed by atoms with Gasteiger partial charge in [0.15, 0.2) is 0 Å². The monoisotopic (exact) mass is 337 g/mol. The molecule has 1 atom stereocenters. The standard InChI is InChI=1S/C10H13Br2NO2/c11-9-2-1-7(3-10(9)12)4-13-5-8(15)6-14/h1-3,8,13-15H,4-6H2/t8-/m1/s1. The number of hydrogen-bond donors (Lipinski definition) is 3. The number of halogens is 2. The summed E-state index contributed by atoms with van der Waals surface area (Å²) in [5.74, 6) is 0. The zero-order valence-corrected chi connectivity index (χ0v) is 11.3. The summed E-state index contributed by atoms with van der Waals surface area (Å²) < 4.78 is 2.02. The van der Waals surface area contributed by atoms with Crippen molar-refractivity contribution in [3.8, 4) is 0 Å². The van der Waals surface area contributed by atoms with Crippen LogP contribution in [-0.2, 0) is 6.54 Å². The summed E-state index contributed by atoms with van der Waals surface area (Å²) in [5, 5.41) is 20.8. The molecule has 0 aliphatic rings. The van der Waals surface area contributed by atoms with Crippen molar-refractivity contribution < 1.29 is 10.2 Å². The van der Waals surface area contributed by atoms with Crippen molar-refractivity contribution in [2.24, 2.45) is 0 Å². The molecular formula is C10H13Br2NO2. The van der Waals surface area contributed by atoms with Crippen LogP contribution < -0.4 is 5.32 Å². The summed E-state index contributed by atoms with van der Waals surface area (Å²) in [5.41, 5.74) is 1.12. The summed E-state index contributed by atoms with van der Waals surface area (Å²) in [6.07, 6.45) is -0.691. The van der Waals surface area contributed by atoms with Crippen LogP contribution in [0.5, 0.6) is 0 Å². The first-order valence-corrected chi connectivity index (χ1v) is 6.15. The van der Waals surface area contributed by atoms with Gasteiger partial charge in [0.25, 0.3) is 0 Å². The fourth-order valence-corrected chi connectivity index (χ4v) is 1.77. The Hall–Kier alpha value is 0.0600. The Bertz CT molecular complexity index is 320. The number of aliphatic hydroxyl groups excluding tert-OH is 2. The van der Waals surface area contributed by atoms with E-state index in [1.54, 1.807) is 0 Å². The number of benzene rings is 1. The normalized spacial score (nSPS) is 12.8. The second-order valence-electron chi connectivity index (χ2n) is 3.22. The average Bonchev–Trinajstić information content (AvgIpc) is 2.23. The van der Waals surface area contributed by atoms with Gasteiger partial charge >= 0.3 is 0 Å². The van der Waals surface area contributed by atoms with Crippen LogP contribution in [0.25, 0.3) is 0 Å². The molecule has 1 aromatic rings. The fraction of sp³-hybridized carbons (Fsp3) is 0.400. The van der Waals surface area contributed by atoms with Gasteiger partial charge in [-0.25, -0.2) is 0 Å². The highest BCUT2D eigenvalue weighted by atomic mass is 79.9. The van der Waals surface area contributed by atoms with Crippen LogP contribution in [0.4, 0.5) is 0 Å². The summed E-state index contributed by atoms with van der Waals surface area (Å²) in [6.45, 7) is 0.851. The van der Waals surface area contributed by atoms with E-state index in [0.717, 1.165) is 14.5 Å². The van der Waals surface area contributed by atoms with Crippen molar-refractivity contribution in [1.82, 2.24) is 5.32 Å². The van der Waals surface area contributed by atoms with Crippen LogP contribution in [0.15, 0.2) is 27.1 Å². The van der Waals surface area contributed by atoms with Gasteiger partial charge in [0.05, 0.1) is 12.7 Å². The van der Waals surface area contributed by atoms with E-state index in [4.69, 9.17) is 10.2 Å². The molecule has 0 aromatic heterocycles. The fourth-order valence-electron chi connectivity index (χ4n) is 1.10. The van der Waals surface area contributed by atoms with Gasteiger partial charge in [-0.3, -0.25) is 0 Å². The van der Waals surface area contributed by atoms with Crippen LogP contribution in [0, 0.1) is 0 Å². The van der Waals surface area contributed by atoms with Gasteiger partial charge in [0.1, 0.15) is 0 Å². The minimum Gasteiger partial charge on any atom is -0.394 e. The van der Waals surface area contributed by atoms with E-state index >= 15 is 0 Å². The third-order valence-corrected chi connectivity index (χ3v) is 3.78. The molecule has 15 heavy (non-hydrogen) atoms. The van der Waals surface area contributed by atoms with Gasteiger partial charge in [0, 0.05) is 22.0 Å². The van der Waals surface area contributed by atoms with Crippen LogP contribution in [-0.4, -0.2) is 29.5 Å². The molecular weight excluding hydrogens is 326 g/mol. The van der Waals surface area contributed by atoms with Crippen molar-refractivity contribution in [3.63, 3.8) is 0 Å². The molecule has 1 rings (SSSR count). The Kier molecular flexibility index (Phi) is 5.78. The molecule has 0 radical (unpaired) electrons. The van der Waals surface area contributed by atoms with Gasteiger partial charge in [0.2, 0.25) is 0 Å². The molecule has 0 aliphatic carbocycles. The average molecular weight is 339 g/mol. The van der Waals surface area contributed by atoms with E-state index in [1.807, 2.05) is 18.2 Å². The second-order valence-corrected chi connectivity index (χ2v) is 4.92. The quantitative estimate of drug-likeness (QED) is 0.765. The Morgan fingerprint density at radius 1 is 1.27 bits per heavy atom. The van der Waals surface area contributed by atoms with E-state index in [-0.39, 0.29) is 6.61 Å². The summed E-state index contributed by atoms with van der Waals surface area (Å²) >= 11 is 6.81. The highest BCUT2D eigenvalue weighted by Crippen LogP contribution is 2.23. The number of nitrogens with one attached hydrogen (secondary N) is 1. The van der Waals surface area contributed by atoms with Crippen molar-refractivity contribution in [2.75, 3.05) is 13.2 Å².